The van der Waals surface area contributed by atoms with Gasteiger partial charge in [-0.25, -0.2) is 0 Å². The number of aryl methyl sites for hydroxylation is 1. The van der Waals surface area contributed by atoms with E-state index in [0.717, 1.165) is 25.0 Å². The Hall–Kier alpha value is -1.40. The van der Waals surface area contributed by atoms with E-state index in [1.165, 1.54) is 0 Å². The van der Waals surface area contributed by atoms with Crippen LogP contribution in [0.25, 0.3) is 0 Å². The first kappa shape index (κ1) is 13.0. The lowest BCUT2D eigenvalue weighted by atomic mass is 10.2. The lowest BCUT2D eigenvalue weighted by molar-refractivity contribution is -0.131. The van der Waals surface area contributed by atoms with Crippen LogP contribution in [0.15, 0.2) is 12.3 Å². The number of ether oxygens (including phenoxy) is 1. The number of aromatic nitrogens is 2. The molecular weight excluding hydrogens is 232 g/mol. The maximum Gasteiger partial charge on any atom is 0.249 e. The van der Waals surface area contributed by atoms with Crippen LogP contribution in [0.5, 0.6) is 0 Å². The van der Waals surface area contributed by atoms with Crippen molar-refractivity contribution in [1.82, 2.24) is 15.1 Å². The van der Waals surface area contributed by atoms with Crippen LogP contribution in [-0.4, -0.2) is 41.0 Å². The second-order valence-electron chi connectivity index (χ2n) is 4.58. The van der Waals surface area contributed by atoms with Gasteiger partial charge in [0.2, 0.25) is 5.91 Å². The van der Waals surface area contributed by atoms with Gasteiger partial charge in [0.1, 0.15) is 6.10 Å². The predicted molar refractivity (Wildman–Crippen MR) is 66.9 cm³/mol. The first-order chi connectivity index (χ1) is 8.69. The number of rotatable bonds is 5. The summed E-state index contributed by atoms with van der Waals surface area (Å²) in [5.41, 5.74) is 6.48. The minimum atomic E-state index is -0.331. The fourth-order valence-electron chi connectivity index (χ4n) is 2.10. The van der Waals surface area contributed by atoms with Crippen molar-refractivity contribution in [2.75, 3.05) is 13.1 Å². The van der Waals surface area contributed by atoms with Gasteiger partial charge in [-0.2, -0.15) is 5.10 Å². The fraction of sp³-hybridized carbons (Fsp3) is 0.667. The second-order valence-corrected chi connectivity index (χ2v) is 4.58. The summed E-state index contributed by atoms with van der Waals surface area (Å²) in [4.78, 5) is 11.8. The molecule has 2 atom stereocenters. The molecule has 6 nitrogen and oxygen atoms in total. The van der Waals surface area contributed by atoms with E-state index in [9.17, 15) is 4.79 Å². The predicted octanol–water partition coefficient (Wildman–Crippen LogP) is -0.415. The van der Waals surface area contributed by atoms with Crippen LogP contribution in [0, 0.1) is 0 Å². The van der Waals surface area contributed by atoms with Gasteiger partial charge in [0.15, 0.2) is 0 Å². The Morgan fingerprint density at radius 3 is 3.11 bits per heavy atom. The highest BCUT2D eigenvalue weighted by Gasteiger charge is 2.29. The molecule has 1 fully saturated rings. The summed E-state index contributed by atoms with van der Waals surface area (Å²) in [6, 6.07) is 1.95. The summed E-state index contributed by atoms with van der Waals surface area (Å²) < 4.78 is 7.28. The summed E-state index contributed by atoms with van der Waals surface area (Å²) in [6.07, 6.45) is 3.97. The average Bonchev–Trinajstić information content (AvgIpc) is 2.98. The van der Waals surface area contributed by atoms with Crippen molar-refractivity contribution in [1.29, 1.82) is 0 Å². The van der Waals surface area contributed by atoms with E-state index in [0.29, 0.717) is 13.1 Å². The van der Waals surface area contributed by atoms with Crippen LogP contribution in [0.1, 0.15) is 18.5 Å². The quantitative estimate of drug-likeness (QED) is 0.746. The van der Waals surface area contributed by atoms with E-state index in [-0.39, 0.29) is 18.1 Å². The number of hydrogen-bond acceptors (Lipinski definition) is 4. The van der Waals surface area contributed by atoms with Crippen LogP contribution >= 0.6 is 0 Å². The van der Waals surface area contributed by atoms with E-state index < -0.39 is 0 Å². The van der Waals surface area contributed by atoms with E-state index in [2.05, 4.69) is 10.4 Å². The Balaban J connectivity index is 1.69. The Bertz CT molecular complexity index is 405. The zero-order valence-corrected chi connectivity index (χ0v) is 10.6. The molecule has 0 saturated carbocycles. The molecule has 18 heavy (non-hydrogen) atoms. The van der Waals surface area contributed by atoms with Gasteiger partial charge in [-0.1, -0.05) is 0 Å². The van der Waals surface area contributed by atoms with Gasteiger partial charge < -0.3 is 15.8 Å². The standard InChI is InChI=1S/C12H20N4O2/c1-16-7-5-9(15-16)4-6-14-12(17)11-3-2-10(8-13)18-11/h5,7,10-11H,2-4,6,8,13H2,1H3,(H,14,17). The number of hydrogen-bond donors (Lipinski definition) is 2. The van der Waals surface area contributed by atoms with Crippen molar-refractivity contribution in [2.24, 2.45) is 12.8 Å². The zero-order valence-electron chi connectivity index (χ0n) is 10.6. The minimum Gasteiger partial charge on any atom is -0.364 e. The molecule has 0 aromatic carbocycles. The molecule has 2 heterocycles. The largest absolute Gasteiger partial charge is 0.364 e. The molecule has 0 radical (unpaired) electrons. The third-order valence-corrected chi connectivity index (χ3v) is 3.11. The molecule has 1 saturated heterocycles. The number of carbonyl (C=O) groups is 1. The lowest BCUT2D eigenvalue weighted by Crippen LogP contribution is -2.36. The van der Waals surface area contributed by atoms with Gasteiger partial charge in [-0.05, 0) is 18.9 Å². The van der Waals surface area contributed by atoms with Gasteiger partial charge in [0.05, 0.1) is 11.8 Å². The number of nitrogens with two attached hydrogens (primary N) is 1. The summed E-state index contributed by atoms with van der Waals surface area (Å²) in [6.45, 7) is 1.07. The van der Waals surface area contributed by atoms with Crippen LogP contribution in [0.2, 0.25) is 0 Å². The Kier molecular flexibility index (Phi) is 4.33. The van der Waals surface area contributed by atoms with E-state index >= 15 is 0 Å². The maximum absolute atomic E-state index is 11.8. The molecule has 0 aliphatic carbocycles. The summed E-state index contributed by atoms with van der Waals surface area (Å²) in [5.74, 6) is -0.0399. The first-order valence-electron chi connectivity index (χ1n) is 6.31. The topological polar surface area (TPSA) is 82.2 Å². The molecule has 1 aromatic heterocycles. The highest BCUT2D eigenvalue weighted by Crippen LogP contribution is 2.18. The first-order valence-corrected chi connectivity index (χ1v) is 6.31. The average molecular weight is 252 g/mol. The van der Waals surface area contributed by atoms with Crippen molar-refractivity contribution >= 4 is 5.91 Å². The van der Waals surface area contributed by atoms with Gasteiger partial charge >= 0.3 is 0 Å². The second kappa shape index (κ2) is 5.97. The maximum atomic E-state index is 11.8. The van der Waals surface area contributed by atoms with Crippen molar-refractivity contribution in [3.05, 3.63) is 18.0 Å². The monoisotopic (exact) mass is 252 g/mol. The fourth-order valence-corrected chi connectivity index (χ4v) is 2.10. The lowest BCUT2D eigenvalue weighted by Gasteiger charge is -2.12. The molecule has 0 spiro atoms. The van der Waals surface area contributed by atoms with Gasteiger partial charge in [0, 0.05) is 32.8 Å². The van der Waals surface area contributed by atoms with Crippen molar-refractivity contribution in [2.45, 2.75) is 31.5 Å². The summed E-state index contributed by atoms with van der Waals surface area (Å²) in [7, 11) is 1.88. The molecule has 1 aliphatic heterocycles. The molecule has 1 aromatic rings. The molecule has 3 N–H and O–H groups in total. The van der Waals surface area contributed by atoms with Crippen molar-refractivity contribution in [3.8, 4) is 0 Å². The smallest absolute Gasteiger partial charge is 0.249 e. The van der Waals surface area contributed by atoms with Gasteiger partial charge in [-0.3, -0.25) is 9.48 Å². The third-order valence-electron chi connectivity index (χ3n) is 3.11. The van der Waals surface area contributed by atoms with Crippen LogP contribution < -0.4 is 11.1 Å². The molecule has 0 bridgehead atoms. The van der Waals surface area contributed by atoms with Crippen LogP contribution in [0.4, 0.5) is 0 Å². The molecule has 2 rings (SSSR count). The van der Waals surface area contributed by atoms with Gasteiger partial charge in [-0.15, -0.1) is 0 Å². The summed E-state index contributed by atoms with van der Waals surface area (Å²) in [5, 5.41) is 7.12. The Morgan fingerprint density at radius 1 is 1.67 bits per heavy atom. The molecule has 2 unspecified atom stereocenters. The third kappa shape index (κ3) is 3.30. The van der Waals surface area contributed by atoms with Crippen LogP contribution in [-0.2, 0) is 23.0 Å². The van der Waals surface area contributed by atoms with Crippen molar-refractivity contribution < 1.29 is 9.53 Å². The summed E-state index contributed by atoms with van der Waals surface area (Å²) >= 11 is 0. The molecule has 1 amide bonds. The Labute approximate surface area is 106 Å². The normalized spacial score (nSPS) is 23.2. The molecular formula is C12H20N4O2. The van der Waals surface area contributed by atoms with E-state index in [1.807, 2.05) is 19.3 Å². The number of nitrogens with zero attached hydrogens (tertiary/aromatic N) is 2. The molecule has 1 aliphatic rings. The number of nitrogens with one attached hydrogen (secondary N) is 1. The number of carbonyl (C=O) groups excluding carboxylic acids is 1. The van der Waals surface area contributed by atoms with Crippen LogP contribution in [0.3, 0.4) is 0 Å². The van der Waals surface area contributed by atoms with E-state index in [4.69, 9.17) is 10.5 Å². The Morgan fingerprint density at radius 2 is 2.50 bits per heavy atom. The van der Waals surface area contributed by atoms with E-state index in [1.54, 1.807) is 4.68 Å². The molecule has 100 valence electrons. The van der Waals surface area contributed by atoms with Gasteiger partial charge in [0.25, 0.3) is 0 Å². The highest BCUT2D eigenvalue weighted by molar-refractivity contribution is 5.81. The van der Waals surface area contributed by atoms with Crippen molar-refractivity contribution in [3.63, 3.8) is 0 Å². The minimum absolute atomic E-state index is 0.0385. The zero-order chi connectivity index (χ0) is 13.0. The number of amides is 1. The SMILES string of the molecule is Cn1ccc(CCNC(=O)C2CCC(CN)O2)n1. The molecule has 6 heteroatoms. The highest BCUT2D eigenvalue weighted by atomic mass is 16.5.